The largest absolute Gasteiger partial charge is 0.493 e. The molecule has 0 saturated carbocycles. The summed E-state index contributed by atoms with van der Waals surface area (Å²) in [7, 11) is 0. The zero-order valence-corrected chi connectivity index (χ0v) is 8.72. The average molecular weight is 216 g/mol. The van der Waals surface area contributed by atoms with E-state index in [1.54, 1.807) is 17.0 Å². The maximum absolute atomic E-state index is 11.6. The van der Waals surface area contributed by atoms with Gasteiger partial charge in [0.05, 0.1) is 12.6 Å². The first-order chi connectivity index (χ1) is 7.86. The van der Waals surface area contributed by atoms with E-state index in [4.69, 9.17) is 4.74 Å². The van der Waals surface area contributed by atoms with Crippen LogP contribution in [0.15, 0.2) is 41.5 Å². The summed E-state index contributed by atoms with van der Waals surface area (Å²) in [4.78, 5) is 14.3. The predicted octanol–water partition coefficient (Wildman–Crippen LogP) is 1.55. The minimum absolute atomic E-state index is 0.0679. The first-order valence-corrected chi connectivity index (χ1v) is 5.33. The van der Waals surface area contributed by atoms with E-state index in [-0.39, 0.29) is 11.7 Å². The lowest BCUT2D eigenvalue weighted by molar-refractivity contribution is 0.255. The van der Waals surface area contributed by atoms with Gasteiger partial charge in [-0.2, -0.15) is 0 Å². The highest BCUT2D eigenvalue weighted by Crippen LogP contribution is 2.33. The molecule has 1 unspecified atom stereocenters. The molecule has 0 aliphatic carbocycles. The van der Waals surface area contributed by atoms with Crippen LogP contribution in [-0.2, 0) is 0 Å². The molecule has 16 heavy (non-hydrogen) atoms. The van der Waals surface area contributed by atoms with Gasteiger partial charge in [-0.3, -0.25) is 4.57 Å². The van der Waals surface area contributed by atoms with Crippen LogP contribution in [0.1, 0.15) is 18.0 Å². The standard InChI is InChI=1S/C12H12N2O2/c15-12-13-6-7-14(12)10-5-8-16-11-4-2-1-3-9(10)11/h1-4,6-7,10H,5,8H2,(H,13,15). The monoisotopic (exact) mass is 216 g/mol. The molecule has 0 saturated heterocycles. The van der Waals surface area contributed by atoms with Crippen LogP contribution >= 0.6 is 0 Å². The molecule has 2 heterocycles. The summed E-state index contributed by atoms with van der Waals surface area (Å²) in [6.07, 6.45) is 4.28. The molecule has 82 valence electrons. The summed E-state index contributed by atoms with van der Waals surface area (Å²) in [6.45, 7) is 0.652. The van der Waals surface area contributed by atoms with E-state index < -0.39 is 0 Å². The third-order valence-corrected chi connectivity index (χ3v) is 2.94. The first-order valence-electron chi connectivity index (χ1n) is 5.33. The SMILES string of the molecule is O=c1[nH]ccn1C1CCOc2ccccc21. The summed E-state index contributed by atoms with van der Waals surface area (Å²) in [6, 6.07) is 7.96. The van der Waals surface area contributed by atoms with Gasteiger partial charge in [0.15, 0.2) is 0 Å². The highest BCUT2D eigenvalue weighted by molar-refractivity contribution is 5.37. The molecular weight excluding hydrogens is 204 g/mol. The number of H-pyrrole nitrogens is 1. The Morgan fingerprint density at radius 2 is 2.25 bits per heavy atom. The van der Waals surface area contributed by atoms with Gasteiger partial charge in [0.2, 0.25) is 0 Å². The van der Waals surface area contributed by atoms with Crippen molar-refractivity contribution in [3.8, 4) is 5.75 Å². The third-order valence-electron chi connectivity index (χ3n) is 2.94. The Morgan fingerprint density at radius 1 is 1.38 bits per heavy atom. The number of hydrogen-bond acceptors (Lipinski definition) is 2. The van der Waals surface area contributed by atoms with Crippen molar-refractivity contribution >= 4 is 0 Å². The van der Waals surface area contributed by atoms with E-state index in [0.29, 0.717) is 6.61 Å². The lowest BCUT2D eigenvalue weighted by Crippen LogP contribution is -2.27. The molecule has 1 aromatic heterocycles. The van der Waals surface area contributed by atoms with E-state index in [9.17, 15) is 4.79 Å². The average Bonchev–Trinajstić information content (AvgIpc) is 2.75. The Bertz CT molecular complexity index is 556. The molecule has 0 bridgehead atoms. The second-order valence-corrected chi connectivity index (χ2v) is 3.86. The van der Waals surface area contributed by atoms with Crippen molar-refractivity contribution in [1.29, 1.82) is 0 Å². The number of aromatic amines is 1. The number of nitrogens with one attached hydrogen (secondary N) is 1. The van der Waals surface area contributed by atoms with Crippen LogP contribution in [-0.4, -0.2) is 16.2 Å². The molecule has 3 rings (SSSR count). The highest BCUT2D eigenvalue weighted by atomic mass is 16.5. The predicted molar refractivity (Wildman–Crippen MR) is 59.7 cm³/mol. The van der Waals surface area contributed by atoms with Crippen molar-refractivity contribution in [3.63, 3.8) is 0 Å². The lowest BCUT2D eigenvalue weighted by atomic mass is 10.0. The topological polar surface area (TPSA) is 47.0 Å². The van der Waals surface area contributed by atoms with Crippen LogP contribution < -0.4 is 10.4 Å². The van der Waals surface area contributed by atoms with Gasteiger partial charge in [0.25, 0.3) is 0 Å². The number of ether oxygens (including phenoxy) is 1. The van der Waals surface area contributed by atoms with E-state index in [1.165, 1.54) is 0 Å². The summed E-state index contributed by atoms with van der Waals surface area (Å²) in [5, 5.41) is 0. The molecule has 4 heteroatoms. The lowest BCUT2D eigenvalue weighted by Gasteiger charge is -2.26. The summed E-state index contributed by atoms with van der Waals surface area (Å²) < 4.78 is 7.29. The molecule has 2 aromatic rings. The minimum atomic E-state index is -0.0679. The van der Waals surface area contributed by atoms with Gasteiger partial charge >= 0.3 is 5.69 Å². The number of fused-ring (bicyclic) bond motifs is 1. The van der Waals surface area contributed by atoms with Gasteiger partial charge in [0, 0.05) is 24.4 Å². The molecule has 1 aliphatic rings. The maximum Gasteiger partial charge on any atom is 0.326 e. The van der Waals surface area contributed by atoms with Gasteiger partial charge in [-0.1, -0.05) is 18.2 Å². The van der Waals surface area contributed by atoms with Crippen LogP contribution in [0.5, 0.6) is 5.75 Å². The van der Waals surface area contributed by atoms with Gasteiger partial charge < -0.3 is 9.72 Å². The molecule has 0 radical (unpaired) electrons. The molecule has 0 fully saturated rings. The van der Waals surface area contributed by atoms with Gasteiger partial charge in [0.1, 0.15) is 5.75 Å². The number of nitrogens with zero attached hydrogens (tertiary/aromatic N) is 1. The van der Waals surface area contributed by atoms with Gasteiger partial charge in [-0.25, -0.2) is 4.79 Å². The van der Waals surface area contributed by atoms with Crippen molar-refractivity contribution in [2.45, 2.75) is 12.5 Å². The Kier molecular flexibility index (Phi) is 2.06. The molecule has 1 N–H and O–H groups in total. The Balaban J connectivity index is 2.12. The van der Waals surface area contributed by atoms with Crippen LogP contribution in [0.3, 0.4) is 0 Å². The summed E-state index contributed by atoms with van der Waals surface area (Å²) in [5.74, 6) is 0.881. The fourth-order valence-electron chi connectivity index (χ4n) is 2.19. The number of benzene rings is 1. The number of para-hydroxylation sites is 1. The second kappa shape index (κ2) is 3.56. The van der Waals surface area contributed by atoms with Crippen molar-refractivity contribution in [2.24, 2.45) is 0 Å². The maximum atomic E-state index is 11.6. The van der Waals surface area contributed by atoms with Crippen LogP contribution in [0, 0.1) is 0 Å². The molecular formula is C12H12N2O2. The number of imidazole rings is 1. The molecule has 1 atom stereocenters. The number of hydrogen-bond donors (Lipinski definition) is 1. The van der Waals surface area contributed by atoms with E-state index in [2.05, 4.69) is 4.98 Å². The molecule has 0 amide bonds. The van der Waals surface area contributed by atoms with Crippen LogP contribution in [0.25, 0.3) is 0 Å². The fourth-order valence-corrected chi connectivity index (χ4v) is 2.19. The Morgan fingerprint density at radius 3 is 3.06 bits per heavy atom. The van der Waals surface area contributed by atoms with E-state index in [0.717, 1.165) is 17.7 Å². The fraction of sp³-hybridized carbons (Fsp3) is 0.250. The number of rotatable bonds is 1. The third kappa shape index (κ3) is 1.34. The quantitative estimate of drug-likeness (QED) is 0.786. The smallest absolute Gasteiger partial charge is 0.326 e. The minimum Gasteiger partial charge on any atom is -0.493 e. The van der Waals surface area contributed by atoms with Crippen molar-refractivity contribution < 1.29 is 4.74 Å². The van der Waals surface area contributed by atoms with E-state index >= 15 is 0 Å². The number of aromatic nitrogens is 2. The summed E-state index contributed by atoms with van der Waals surface area (Å²) in [5.41, 5.74) is 1.01. The van der Waals surface area contributed by atoms with E-state index in [1.807, 2.05) is 24.3 Å². The summed E-state index contributed by atoms with van der Waals surface area (Å²) >= 11 is 0. The Hall–Kier alpha value is -1.97. The van der Waals surface area contributed by atoms with Crippen molar-refractivity contribution in [1.82, 2.24) is 9.55 Å². The zero-order valence-electron chi connectivity index (χ0n) is 8.72. The highest BCUT2D eigenvalue weighted by Gasteiger charge is 2.23. The zero-order chi connectivity index (χ0) is 11.0. The van der Waals surface area contributed by atoms with Gasteiger partial charge in [-0.05, 0) is 6.07 Å². The Labute approximate surface area is 92.5 Å². The van der Waals surface area contributed by atoms with Gasteiger partial charge in [-0.15, -0.1) is 0 Å². The normalized spacial score (nSPS) is 18.9. The molecule has 1 aromatic carbocycles. The van der Waals surface area contributed by atoms with Crippen LogP contribution in [0.4, 0.5) is 0 Å². The second-order valence-electron chi connectivity index (χ2n) is 3.86. The van der Waals surface area contributed by atoms with Crippen molar-refractivity contribution in [2.75, 3.05) is 6.61 Å². The molecule has 4 nitrogen and oxygen atoms in total. The van der Waals surface area contributed by atoms with Crippen LogP contribution in [0.2, 0.25) is 0 Å². The first kappa shape index (κ1) is 9.27. The van der Waals surface area contributed by atoms with Crippen molar-refractivity contribution in [3.05, 3.63) is 52.7 Å². The molecule has 0 spiro atoms. The molecule has 1 aliphatic heterocycles.